The summed E-state index contributed by atoms with van der Waals surface area (Å²) < 4.78 is 28.8. The minimum atomic E-state index is -3.07. The predicted octanol–water partition coefficient (Wildman–Crippen LogP) is -1.39. The molecule has 6 heteroatoms. The molecule has 12 heavy (non-hydrogen) atoms. The first kappa shape index (κ1) is 9.91. The molecule has 0 saturated carbocycles. The molecule has 0 aromatic heterocycles. The fraction of sp³-hybridized carbons (Fsp3) is 1.00. The summed E-state index contributed by atoms with van der Waals surface area (Å²) in [6.07, 6.45) is 1.06. The van der Waals surface area contributed by atoms with Gasteiger partial charge in [-0.1, -0.05) is 0 Å². The molecule has 0 radical (unpaired) electrons. The fourth-order valence-corrected chi connectivity index (χ4v) is 1.98. The van der Waals surface area contributed by atoms with Crippen molar-refractivity contribution in [2.75, 3.05) is 32.5 Å². The molecular weight excluding hydrogens is 180 g/mol. The first-order chi connectivity index (χ1) is 5.54. The summed E-state index contributed by atoms with van der Waals surface area (Å²) in [6, 6.07) is 0. The maximum Gasteiger partial charge on any atom is 0.211 e. The Kier molecular flexibility index (Phi) is 3.05. The molecule has 0 aromatic carbocycles. The van der Waals surface area contributed by atoms with Crippen molar-refractivity contribution in [1.82, 2.24) is 4.31 Å². The first-order valence-corrected chi connectivity index (χ1v) is 5.65. The van der Waals surface area contributed by atoms with Crippen molar-refractivity contribution < 1.29 is 13.2 Å². The molecule has 0 bridgehead atoms. The quantitative estimate of drug-likeness (QED) is 0.587. The van der Waals surface area contributed by atoms with E-state index in [4.69, 9.17) is 10.5 Å². The zero-order valence-electron chi connectivity index (χ0n) is 7.06. The lowest BCUT2D eigenvalue weighted by Crippen LogP contribution is -2.47. The van der Waals surface area contributed by atoms with E-state index in [0.29, 0.717) is 26.2 Å². The average molecular weight is 194 g/mol. The van der Waals surface area contributed by atoms with Crippen LogP contribution in [0.3, 0.4) is 0 Å². The molecule has 5 nitrogen and oxygen atoms in total. The molecule has 1 rings (SSSR count). The van der Waals surface area contributed by atoms with Gasteiger partial charge >= 0.3 is 0 Å². The Hall–Kier alpha value is -0.170. The van der Waals surface area contributed by atoms with E-state index in [0.717, 1.165) is 0 Å². The summed E-state index contributed by atoms with van der Waals surface area (Å²) >= 11 is 0. The molecule has 1 aliphatic rings. The van der Waals surface area contributed by atoms with Crippen LogP contribution >= 0.6 is 0 Å². The third kappa shape index (κ3) is 2.41. The highest BCUT2D eigenvalue weighted by atomic mass is 32.2. The molecule has 0 aliphatic carbocycles. The second-order valence-electron chi connectivity index (χ2n) is 2.85. The van der Waals surface area contributed by atoms with Crippen molar-refractivity contribution in [3.8, 4) is 0 Å². The maximum absolute atomic E-state index is 11.1. The lowest BCUT2D eigenvalue weighted by molar-refractivity contribution is 0.00472. The Morgan fingerprint density at radius 1 is 1.67 bits per heavy atom. The molecule has 2 N–H and O–H groups in total. The van der Waals surface area contributed by atoms with Gasteiger partial charge in [0.25, 0.3) is 0 Å². The largest absolute Gasteiger partial charge is 0.374 e. The molecule has 0 unspecified atom stereocenters. The lowest BCUT2D eigenvalue weighted by Gasteiger charge is -2.30. The monoisotopic (exact) mass is 194 g/mol. The Morgan fingerprint density at radius 3 is 2.83 bits per heavy atom. The van der Waals surface area contributed by atoms with E-state index in [-0.39, 0.29) is 6.10 Å². The van der Waals surface area contributed by atoms with Crippen molar-refractivity contribution in [1.29, 1.82) is 0 Å². The zero-order valence-corrected chi connectivity index (χ0v) is 7.88. The number of nitrogens with two attached hydrogens (primary N) is 1. The van der Waals surface area contributed by atoms with Gasteiger partial charge in [-0.2, -0.15) is 4.31 Å². The van der Waals surface area contributed by atoms with E-state index in [1.807, 2.05) is 0 Å². The fourth-order valence-electron chi connectivity index (χ4n) is 1.14. The Balaban J connectivity index is 2.58. The van der Waals surface area contributed by atoms with E-state index < -0.39 is 10.0 Å². The molecular formula is C6H14N2O3S. The van der Waals surface area contributed by atoms with Crippen LogP contribution in [0.2, 0.25) is 0 Å². The summed E-state index contributed by atoms with van der Waals surface area (Å²) in [5.74, 6) is 0. The van der Waals surface area contributed by atoms with Gasteiger partial charge in [-0.05, 0) is 0 Å². The highest BCUT2D eigenvalue weighted by molar-refractivity contribution is 7.88. The highest BCUT2D eigenvalue weighted by Crippen LogP contribution is 2.07. The molecule has 1 saturated heterocycles. The topological polar surface area (TPSA) is 72.6 Å². The van der Waals surface area contributed by atoms with Crippen LogP contribution in [0.15, 0.2) is 0 Å². The second kappa shape index (κ2) is 3.69. The summed E-state index contributed by atoms with van der Waals surface area (Å²) in [5.41, 5.74) is 5.36. The van der Waals surface area contributed by atoms with Crippen LogP contribution in [0.1, 0.15) is 0 Å². The average Bonchev–Trinajstić information content (AvgIpc) is 2.03. The Bertz CT molecular complexity index is 239. The molecule has 1 aliphatic heterocycles. The summed E-state index contributed by atoms with van der Waals surface area (Å²) in [6.45, 7) is 1.63. The van der Waals surface area contributed by atoms with Crippen LogP contribution in [0.5, 0.6) is 0 Å². The number of hydrogen-bond donors (Lipinski definition) is 1. The number of ether oxygens (including phenoxy) is 1. The van der Waals surface area contributed by atoms with E-state index in [2.05, 4.69) is 0 Å². The number of sulfonamides is 1. The normalized spacial score (nSPS) is 27.3. The SMILES string of the molecule is CS(=O)(=O)N1CCO[C@@H](CN)C1. The van der Waals surface area contributed by atoms with Gasteiger partial charge in [0.1, 0.15) is 0 Å². The van der Waals surface area contributed by atoms with Gasteiger partial charge in [0.2, 0.25) is 10.0 Å². The standard InChI is InChI=1S/C6H14N2O3S/c1-12(9,10)8-2-3-11-6(4-7)5-8/h6H,2-5,7H2,1H3/t6-/m0/s1. The summed E-state index contributed by atoms with van der Waals surface area (Å²) in [7, 11) is -3.07. The smallest absolute Gasteiger partial charge is 0.211 e. The van der Waals surface area contributed by atoms with E-state index in [1.54, 1.807) is 0 Å². The van der Waals surface area contributed by atoms with Crippen LogP contribution in [-0.4, -0.2) is 51.3 Å². The summed E-state index contributed by atoms with van der Waals surface area (Å²) in [5, 5.41) is 0. The zero-order chi connectivity index (χ0) is 9.19. The third-order valence-corrected chi connectivity index (χ3v) is 3.10. The maximum atomic E-state index is 11.1. The van der Waals surface area contributed by atoms with Crippen LogP contribution in [0.25, 0.3) is 0 Å². The Morgan fingerprint density at radius 2 is 2.33 bits per heavy atom. The molecule has 0 spiro atoms. The van der Waals surface area contributed by atoms with Gasteiger partial charge < -0.3 is 10.5 Å². The van der Waals surface area contributed by atoms with Gasteiger partial charge in [0.15, 0.2) is 0 Å². The second-order valence-corrected chi connectivity index (χ2v) is 4.83. The van der Waals surface area contributed by atoms with Crippen molar-refractivity contribution in [2.45, 2.75) is 6.10 Å². The van der Waals surface area contributed by atoms with E-state index in [9.17, 15) is 8.42 Å². The van der Waals surface area contributed by atoms with Crippen molar-refractivity contribution in [3.63, 3.8) is 0 Å². The third-order valence-electron chi connectivity index (χ3n) is 1.83. The van der Waals surface area contributed by atoms with E-state index in [1.165, 1.54) is 10.6 Å². The minimum Gasteiger partial charge on any atom is -0.374 e. The number of hydrogen-bond acceptors (Lipinski definition) is 4. The lowest BCUT2D eigenvalue weighted by atomic mass is 10.3. The summed E-state index contributed by atoms with van der Waals surface area (Å²) in [4.78, 5) is 0. The van der Waals surface area contributed by atoms with Gasteiger partial charge in [0.05, 0.1) is 19.0 Å². The predicted molar refractivity (Wildman–Crippen MR) is 45.2 cm³/mol. The molecule has 1 heterocycles. The molecule has 72 valence electrons. The van der Waals surface area contributed by atoms with Crippen molar-refractivity contribution in [3.05, 3.63) is 0 Å². The van der Waals surface area contributed by atoms with E-state index >= 15 is 0 Å². The van der Waals surface area contributed by atoms with Crippen LogP contribution in [0, 0.1) is 0 Å². The van der Waals surface area contributed by atoms with Gasteiger partial charge in [0, 0.05) is 19.6 Å². The Labute approximate surface area is 72.5 Å². The van der Waals surface area contributed by atoms with Gasteiger partial charge in [-0.25, -0.2) is 8.42 Å². The van der Waals surface area contributed by atoms with Crippen molar-refractivity contribution >= 4 is 10.0 Å². The molecule has 1 atom stereocenters. The highest BCUT2D eigenvalue weighted by Gasteiger charge is 2.25. The number of rotatable bonds is 2. The number of nitrogens with zero attached hydrogens (tertiary/aromatic N) is 1. The molecule has 1 fully saturated rings. The van der Waals surface area contributed by atoms with Crippen LogP contribution in [0.4, 0.5) is 0 Å². The van der Waals surface area contributed by atoms with Crippen LogP contribution < -0.4 is 5.73 Å². The molecule has 0 aromatic rings. The van der Waals surface area contributed by atoms with Crippen LogP contribution in [-0.2, 0) is 14.8 Å². The minimum absolute atomic E-state index is 0.145. The van der Waals surface area contributed by atoms with Gasteiger partial charge in [-0.15, -0.1) is 0 Å². The van der Waals surface area contributed by atoms with Gasteiger partial charge in [-0.3, -0.25) is 0 Å². The molecule has 0 amide bonds. The number of morpholine rings is 1. The first-order valence-electron chi connectivity index (χ1n) is 3.81. The van der Waals surface area contributed by atoms with Crippen molar-refractivity contribution in [2.24, 2.45) is 5.73 Å².